The highest BCUT2D eigenvalue weighted by Gasteiger charge is 2.33. The molecule has 0 aromatic heterocycles. The number of rotatable bonds is 2. The number of ether oxygens (including phenoxy) is 1. The normalized spacial score (nSPS) is 38.5. The molecule has 1 aliphatic rings. The van der Waals surface area contributed by atoms with Crippen molar-refractivity contribution in [1.29, 1.82) is 0 Å². The summed E-state index contributed by atoms with van der Waals surface area (Å²) in [5, 5.41) is 20.5. The first-order valence-electron chi connectivity index (χ1n) is 3.76. The molecule has 4 nitrogen and oxygen atoms in total. The lowest BCUT2D eigenvalue weighted by atomic mass is 10.00. The maximum Gasteiger partial charge on any atom is 0.122 e. The van der Waals surface area contributed by atoms with E-state index >= 15 is 0 Å². The number of hydrogen-bond donors (Lipinski definition) is 2. The zero-order chi connectivity index (χ0) is 8.27. The molecule has 0 radical (unpaired) electrons. The Balaban J connectivity index is 2.48. The predicted molar refractivity (Wildman–Crippen MR) is 39.8 cm³/mol. The van der Waals surface area contributed by atoms with Crippen molar-refractivity contribution in [2.75, 3.05) is 6.61 Å². The molecule has 11 heavy (non-hydrogen) atoms. The summed E-state index contributed by atoms with van der Waals surface area (Å²) in [6, 6.07) is 0. The lowest BCUT2D eigenvalue weighted by Gasteiger charge is -2.11. The molecule has 1 fully saturated rings. The van der Waals surface area contributed by atoms with Crippen molar-refractivity contribution in [3.63, 3.8) is 0 Å². The van der Waals surface area contributed by atoms with Gasteiger partial charge in [-0.25, -0.2) is 0 Å². The molecule has 0 saturated carbocycles. The molecular weight excluding hydrogens is 146 g/mol. The van der Waals surface area contributed by atoms with Crippen LogP contribution < -0.4 is 0 Å². The van der Waals surface area contributed by atoms with Gasteiger partial charge < -0.3 is 15.1 Å². The zero-order valence-electron chi connectivity index (χ0n) is 6.47. The maximum absolute atomic E-state index is 9.45. The Morgan fingerprint density at radius 3 is 2.91 bits per heavy atom. The van der Waals surface area contributed by atoms with Crippen molar-refractivity contribution in [2.45, 2.75) is 25.6 Å². The Bertz CT molecular complexity index is 149. The fourth-order valence-electron chi connectivity index (χ4n) is 1.26. The minimum absolute atomic E-state index is 0.179. The van der Waals surface area contributed by atoms with Gasteiger partial charge in [-0.1, -0.05) is 12.1 Å². The van der Waals surface area contributed by atoms with Crippen LogP contribution in [0, 0.1) is 5.92 Å². The quantitative estimate of drug-likeness (QED) is 0.344. The molecule has 64 valence electrons. The molecule has 2 N–H and O–H groups in total. The van der Waals surface area contributed by atoms with Crippen LogP contribution in [0.15, 0.2) is 5.16 Å². The van der Waals surface area contributed by atoms with Crippen molar-refractivity contribution in [3.8, 4) is 0 Å². The first kappa shape index (κ1) is 8.49. The zero-order valence-corrected chi connectivity index (χ0v) is 6.47. The molecule has 1 heterocycles. The van der Waals surface area contributed by atoms with Crippen molar-refractivity contribution in [2.24, 2.45) is 11.1 Å². The van der Waals surface area contributed by atoms with Gasteiger partial charge in [0.2, 0.25) is 0 Å². The van der Waals surface area contributed by atoms with Gasteiger partial charge in [-0.3, -0.25) is 0 Å². The van der Waals surface area contributed by atoms with Crippen LogP contribution in [0.3, 0.4) is 0 Å². The van der Waals surface area contributed by atoms with Crippen LogP contribution in [-0.4, -0.2) is 35.3 Å². The molecule has 0 aliphatic carbocycles. The Morgan fingerprint density at radius 2 is 2.45 bits per heavy atom. The van der Waals surface area contributed by atoms with Crippen LogP contribution in [0.4, 0.5) is 0 Å². The number of aliphatic hydroxyl groups is 1. The maximum atomic E-state index is 9.45. The second kappa shape index (κ2) is 3.69. The van der Waals surface area contributed by atoms with Crippen LogP contribution >= 0.6 is 0 Å². The highest BCUT2D eigenvalue weighted by molar-refractivity contribution is 5.63. The van der Waals surface area contributed by atoms with Gasteiger partial charge in [0, 0.05) is 5.92 Å². The second-order valence-corrected chi connectivity index (χ2v) is 2.72. The fourth-order valence-corrected chi connectivity index (χ4v) is 1.26. The van der Waals surface area contributed by atoms with Crippen molar-refractivity contribution in [1.82, 2.24) is 0 Å². The topological polar surface area (TPSA) is 62.0 Å². The van der Waals surface area contributed by atoms with Crippen LogP contribution in [0.25, 0.3) is 0 Å². The molecule has 0 bridgehead atoms. The standard InChI is InChI=1S/C7H13NO3/c1-2-5-4-11-6(3-8-10)7(5)9/h3,5-7,9-10H,2,4H2,1H3/b8-3+/t5-,6+,7+/m0/s1. The first-order chi connectivity index (χ1) is 5.29. The van der Waals surface area contributed by atoms with E-state index in [4.69, 9.17) is 9.94 Å². The van der Waals surface area contributed by atoms with E-state index in [0.29, 0.717) is 6.61 Å². The van der Waals surface area contributed by atoms with Gasteiger partial charge in [-0.05, 0) is 6.42 Å². The Morgan fingerprint density at radius 1 is 1.73 bits per heavy atom. The SMILES string of the molecule is CC[C@H]1CO[C@H](/C=N/O)[C@@H]1O. The molecular formula is C7H13NO3. The molecule has 0 unspecified atom stereocenters. The van der Waals surface area contributed by atoms with E-state index in [-0.39, 0.29) is 5.92 Å². The molecule has 4 heteroatoms. The largest absolute Gasteiger partial charge is 0.411 e. The van der Waals surface area contributed by atoms with Gasteiger partial charge in [-0.15, -0.1) is 0 Å². The summed E-state index contributed by atoms with van der Waals surface area (Å²) >= 11 is 0. The van der Waals surface area contributed by atoms with Gasteiger partial charge in [0.25, 0.3) is 0 Å². The molecule has 1 rings (SSSR count). The molecule has 0 spiro atoms. The number of aliphatic hydroxyl groups excluding tert-OH is 1. The molecule has 0 aromatic carbocycles. The van der Waals surface area contributed by atoms with Crippen LogP contribution in [0.2, 0.25) is 0 Å². The molecule has 0 aromatic rings. The van der Waals surface area contributed by atoms with E-state index in [9.17, 15) is 5.11 Å². The van der Waals surface area contributed by atoms with Crippen LogP contribution in [-0.2, 0) is 4.74 Å². The van der Waals surface area contributed by atoms with Crippen molar-refractivity contribution < 1.29 is 15.1 Å². The molecule has 0 amide bonds. The molecule has 1 saturated heterocycles. The van der Waals surface area contributed by atoms with Gasteiger partial charge in [0.1, 0.15) is 6.10 Å². The fraction of sp³-hybridized carbons (Fsp3) is 0.857. The van der Waals surface area contributed by atoms with Crippen molar-refractivity contribution in [3.05, 3.63) is 0 Å². The van der Waals surface area contributed by atoms with Gasteiger partial charge >= 0.3 is 0 Å². The van der Waals surface area contributed by atoms with Crippen LogP contribution in [0.5, 0.6) is 0 Å². The summed E-state index contributed by atoms with van der Waals surface area (Å²) in [5.74, 6) is 0.179. The highest BCUT2D eigenvalue weighted by Crippen LogP contribution is 2.21. The smallest absolute Gasteiger partial charge is 0.122 e. The summed E-state index contributed by atoms with van der Waals surface area (Å²) in [6.45, 7) is 2.55. The summed E-state index contributed by atoms with van der Waals surface area (Å²) in [5.41, 5.74) is 0. The third-order valence-corrected chi connectivity index (χ3v) is 2.06. The minimum Gasteiger partial charge on any atom is -0.411 e. The number of nitrogens with zero attached hydrogens (tertiary/aromatic N) is 1. The van der Waals surface area contributed by atoms with Gasteiger partial charge in [0.05, 0.1) is 18.9 Å². The van der Waals surface area contributed by atoms with Crippen molar-refractivity contribution >= 4 is 6.21 Å². The first-order valence-corrected chi connectivity index (χ1v) is 3.76. The lowest BCUT2D eigenvalue weighted by Crippen LogP contribution is -2.27. The average molecular weight is 159 g/mol. The third kappa shape index (κ3) is 1.70. The summed E-state index contributed by atoms with van der Waals surface area (Å²) in [4.78, 5) is 0. The Kier molecular flexibility index (Phi) is 2.84. The predicted octanol–water partition coefficient (Wildman–Crippen LogP) is 0.232. The van der Waals surface area contributed by atoms with E-state index in [1.54, 1.807) is 0 Å². The van der Waals surface area contributed by atoms with E-state index in [2.05, 4.69) is 5.16 Å². The monoisotopic (exact) mass is 159 g/mol. The Hall–Kier alpha value is -0.610. The highest BCUT2D eigenvalue weighted by atomic mass is 16.5. The average Bonchev–Trinajstić information content (AvgIpc) is 2.34. The lowest BCUT2D eigenvalue weighted by molar-refractivity contribution is 0.0829. The van der Waals surface area contributed by atoms with Crippen LogP contribution in [0.1, 0.15) is 13.3 Å². The minimum atomic E-state index is -0.518. The molecule has 3 atom stereocenters. The van der Waals surface area contributed by atoms with E-state index in [1.165, 1.54) is 6.21 Å². The van der Waals surface area contributed by atoms with Gasteiger partial charge in [0.15, 0.2) is 0 Å². The Labute approximate surface area is 65.5 Å². The third-order valence-electron chi connectivity index (χ3n) is 2.06. The second-order valence-electron chi connectivity index (χ2n) is 2.72. The van der Waals surface area contributed by atoms with E-state index in [1.807, 2.05) is 6.92 Å². The summed E-state index contributed by atoms with van der Waals surface area (Å²) < 4.78 is 5.15. The van der Waals surface area contributed by atoms with Gasteiger partial charge in [-0.2, -0.15) is 0 Å². The number of hydrogen-bond acceptors (Lipinski definition) is 4. The summed E-state index contributed by atoms with van der Waals surface area (Å²) in [7, 11) is 0. The molecule has 1 aliphatic heterocycles. The van der Waals surface area contributed by atoms with E-state index < -0.39 is 12.2 Å². The summed E-state index contributed by atoms with van der Waals surface area (Å²) in [6.07, 6.45) is 1.16. The van der Waals surface area contributed by atoms with E-state index in [0.717, 1.165) is 6.42 Å². The number of oxime groups is 1.